The monoisotopic (exact) mass is 315 g/mol. The van der Waals surface area contributed by atoms with Crippen molar-refractivity contribution >= 4 is 21.8 Å². The second-order valence-corrected chi connectivity index (χ2v) is 7.71. The average Bonchev–Trinajstić information content (AvgIpc) is 2.86. The Bertz CT molecular complexity index is 531. The van der Waals surface area contributed by atoms with E-state index in [0.29, 0.717) is 11.8 Å². The van der Waals surface area contributed by atoms with Gasteiger partial charge in [-0.05, 0) is 37.8 Å². The maximum absolute atomic E-state index is 12.3. The molecule has 1 aromatic heterocycles. The molecule has 0 spiro atoms. The number of rotatable bonds is 6. The third-order valence-corrected chi connectivity index (χ3v) is 6.09. The molecule has 0 amide bonds. The Morgan fingerprint density at radius 3 is 2.80 bits per heavy atom. The van der Waals surface area contributed by atoms with Gasteiger partial charge in [0.05, 0.1) is 0 Å². The lowest BCUT2D eigenvalue weighted by atomic mass is 10.3. The third kappa shape index (κ3) is 3.72. The molecule has 20 heavy (non-hydrogen) atoms. The molecule has 0 bridgehead atoms. The molecule has 1 saturated carbocycles. The van der Waals surface area contributed by atoms with Crippen LogP contribution in [0.15, 0.2) is 23.4 Å². The topological polar surface area (TPSA) is 71.1 Å². The van der Waals surface area contributed by atoms with Crippen LogP contribution < -0.4 is 10.0 Å². The summed E-state index contributed by atoms with van der Waals surface area (Å²) < 4.78 is 27.4. The van der Waals surface area contributed by atoms with Gasteiger partial charge in [-0.2, -0.15) is 11.8 Å². The zero-order valence-corrected chi connectivity index (χ0v) is 13.4. The van der Waals surface area contributed by atoms with Crippen LogP contribution in [0.1, 0.15) is 24.8 Å². The summed E-state index contributed by atoms with van der Waals surface area (Å²) in [5, 5.41) is 3.48. The Morgan fingerprint density at radius 1 is 1.40 bits per heavy atom. The molecule has 2 rings (SSSR count). The molecule has 1 fully saturated rings. The Balaban J connectivity index is 2.09. The molecule has 7 heteroatoms. The molecule has 1 aliphatic carbocycles. The molecule has 2 atom stereocenters. The van der Waals surface area contributed by atoms with Gasteiger partial charge in [-0.3, -0.25) is 0 Å². The van der Waals surface area contributed by atoms with Crippen molar-refractivity contribution in [2.24, 2.45) is 0 Å². The quantitative estimate of drug-likeness (QED) is 0.829. The first-order valence-corrected chi connectivity index (χ1v) is 9.48. The fourth-order valence-electron chi connectivity index (χ4n) is 2.48. The highest BCUT2D eigenvalue weighted by Crippen LogP contribution is 2.29. The van der Waals surface area contributed by atoms with E-state index in [-0.39, 0.29) is 11.1 Å². The van der Waals surface area contributed by atoms with Crippen LogP contribution >= 0.6 is 11.8 Å². The van der Waals surface area contributed by atoms with Crippen molar-refractivity contribution in [3.63, 3.8) is 0 Å². The summed E-state index contributed by atoms with van der Waals surface area (Å²) in [7, 11) is -1.67. The zero-order valence-electron chi connectivity index (χ0n) is 11.8. The third-order valence-electron chi connectivity index (χ3n) is 3.52. The fourth-order valence-corrected chi connectivity index (χ4v) is 4.74. The first-order chi connectivity index (χ1) is 9.56. The molecule has 0 saturated heterocycles. The van der Waals surface area contributed by atoms with E-state index >= 15 is 0 Å². The molecule has 0 aromatic carbocycles. The van der Waals surface area contributed by atoms with Gasteiger partial charge in [0.25, 0.3) is 10.0 Å². The molecule has 0 radical (unpaired) electrons. The summed E-state index contributed by atoms with van der Waals surface area (Å²) in [5.74, 6) is 0. The van der Waals surface area contributed by atoms with Crippen molar-refractivity contribution in [3.8, 4) is 0 Å². The van der Waals surface area contributed by atoms with Crippen molar-refractivity contribution in [2.45, 2.75) is 42.1 Å². The normalized spacial score (nSPS) is 23.1. The number of hydrogen-bond acceptors (Lipinski definition) is 5. The summed E-state index contributed by atoms with van der Waals surface area (Å²) in [5.41, 5.74) is 0.967. The molecule has 0 aliphatic heterocycles. The van der Waals surface area contributed by atoms with Gasteiger partial charge in [-0.15, -0.1) is 0 Å². The van der Waals surface area contributed by atoms with Crippen LogP contribution in [0.2, 0.25) is 0 Å². The minimum atomic E-state index is -3.51. The number of aromatic nitrogens is 1. The summed E-state index contributed by atoms with van der Waals surface area (Å²) in [4.78, 5) is 4.06. The van der Waals surface area contributed by atoms with Crippen molar-refractivity contribution in [1.82, 2.24) is 15.0 Å². The van der Waals surface area contributed by atoms with Crippen LogP contribution in [0.3, 0.4) is 0 Å². The van der Waals surface area contributed by atoms with Gasteiger partial charge in [0.1, 0.15) is 0 Å². The highest BCUT2D eigenvalue weighted by molar-refractivity contribution is 7.99. The van der Waals surface area contributed by atoms with E-state index in [9.17, 15) is 8.42 Å². The molecule has 2 N–H and O–H groups in total. The van der Waals surface area contributed by atoms with Gasteiger partial charge in [-0.1, -0.05) is 12.5 Å². The average molecular weight is 315 g/mol. The van der Waals surface area contributed by atoms with E-state index < -0.39 is 10.0 Å². The first kappa shape index (κ1) is 15.8. The van der Waals surface area contributed by atoms with E-state index in [0.717, 1.165) is 24.8 Å². The van der Waals surface area contributed by atoms with E-state index in [4.69, 9.17) is 0 Å². The number of nitrogens with one attached hydrogen (secondary N) is 2. The second-order valence-electron chi connectivity index (χ2n) is 4.97. The van der Waals surface area contributed by atoms with Crippen LogP contribution in [0.25, 0.3) is 0 Å². The van der Waals surface area contributed by atoms with Crippen LogP contribution in [0.5, 0.6) is 0 Å². The maximum atomic E-state index is 12.3. The molecular weight excluding hydrogens is 294 g/mol. The van der Waals surface area contributed by atoms with Gasteiger partial charge in [-0.25, -0.2) is 18.1 Å². The number of pyridine rings is 1. The Morgan fingerprint density at radius 2 is 2.20 bits per heavy atom. The molecule has 1 heterocycles. The smallest absolute Gasteiger partial charge is 0.258 e. The van der Waals surface area contributed by atoms with Gasteiger partial charge in [0.2, 0.25) is 0 Å². The molecule has 1 aromatic rings. The maximum Gasteiger partial charge on any atom is 0.258 e. The summed E-state index contributed by atoms with van der Waals surface area (Å²) in [6.45, 7) is 0.679. The van der Waals surface area contributed by atoms with E-state index in [1.165, 1.54) is 0 Å². The Hall–Kier alpha value is -0.630. The van der Waals surface area contributed by atoms with Crippen LogP contribution in [-0.2, 0) is 16.6 Å². The standard InChI is InChI=1S/C13H21N3O2S2/c1-14-8-10-6-7-13(15-9-10)20(17,18)16-11-4-3-5-12(11)19-2/h6-7,9,11-12,14,16H,3-5,8H2,1-2H3. The molecule has 5 nitrogen and oxygen atoms in total. The van der Waals surface area contributed by atoms with Gasteiger partial charge in [0, 0.05) is 24.0 Å². The molecule has 1 aliphatic rings. The van der Waals surface area contributed by atoms with E-state index in [1.54, 1.807) is 30.1 Å². The highest BCUT2D eigenvalue weighted by Gasteiger charge is 2.31. The lowest BCUT2D eigenvalue weighted by Crippen LogP contribution is -2.38. The minimum absolute atomic E-state index is 0.0220. The summed E-state index contributed by atoms with van der Waals surface area (Å²) >= 11 is 1.73. The van der Waals surface area contributed by atoms with Crippen LogP contribution in [0.4, 0.5) is 0 Å². The lowest BCUT2D eigenvalue weighted by Gasteiger charge is -2.18. The Labute approximate surface area is 125 Å². The molecule has 2 unspecified atom stereocenters. The zero-order chi connectivity index (χ0) is 14.6. The predicted molar refractivity (Wildman–Crippen MR) is 82.3 cm³/mol. The second kappa shape index (κ2) is 6.89. The fraction of sp³-hybridized carbons (Fsp3) is 0.615. The Kier molecular flexibility index (Phi) is 5.42. The number of thioether (sulfide) groups is 1. The lowest BCUT2D eigenvalue weighted by molar-refractivity contribution is 0.551. The number of hydrogen-bond donors (Lipinski definition) is 2. The van der Waals surface area contributed by atoms with E-state index in [1.807, 2.05) is 13.3 Å². The van der Waals surface area contributed by atoms with Crippen LogP contribution in [0, 0.1) is 0 Å². The number of sulfonamides is 1. The summed E-state index contributed by atoms with van der Waals surface area (Å²) in [6.07, 6.45) is 6.69. The largest absolute Gasteiger partial charge is 0.316 e. The van der Waals surface area contributed by atoms with Crippen molar-refractivity contribution in [1.29, 1.82) is 0 Å². The SMILES string of the molecule is CNCc1ccc(S(=O)(=O)NC2CCCC2SC)nc1. The van der Waals surface area contributed by atoms with Crippen molar-refractivity contribution in [2.75, 3.05) is 13.3 Å². The van der Waals surface area contributed by atoms with Crippen molar-refractivity contribution < 1.29 is 8.42 Å². The van der Waals surface area contributed by atoms with Crippen LogP contribution in [-0.4, -0.2) is 38.0 Å². The first-order valence-electron chi connectivity index (χ1n) is 6.71. The molecular formula is C13H21N3O2S2. The van der Waals surface area contributed by atoms with Gasteiger partial charge < -0.3 is 5.32 Å². The van der Waals surface area contributed by atoms with Gasteiger partial charge >= 0.3 is 0 Å². The number of nitrogens with zero attached hydrogens (tertiary/aromatic N) is 1. The molecule has 112 valence electrons. The summed E-state index contributed by atoms with van der Waals surface area (Å²) in [6, 6.07) is 3.38. The van der Waals surface area contributed by atoms with Crippen molar-refractivity contribution in [3.05, 3.63) is 23.9 Å². The minimum Gasteiger partial charge on any atom is -0.316 e. The van der Waals surface area contributed by atoms with Gasteiger partial charge in [0.15, 0.2) is 5.03 Å². The highest BCUT2D eigenvalue weighted by atomic mass is 32.2. The van der Waals surface area contributed by atoms with E-state index in [2.05, 4.69) is 15.0 Å². The predicted octanol–water partition coefficient (Wildman–Crippen LogP) is 1.36.